The molecule has 1 N–H and O–H groups in total. The Morgan fingerprint density at radius 2 is 1.28 bits per heavy atom. The lowest BCUT2D eigenvalue weighted by Crippen LogP contribution is -2.65. The lowest BCUT2D eigenvalue weighted by atomic mass is 9.42. The minimum absolute atomic E-state index is 0.0801. The van der Waals surface area contributed by atoms with E-state index in [1.54, 1.807) is 0 Å². The molecule has 2 heteroatoms. The fourth-order valence-electron chi connectivity index (χ4n) is 10.3. The van der Waals surface area contributed by atoms with E-state index in [4.69, 9.17) is 0 Å². The number of hydrogen-bond acceptors (Lipinski definition) is 1. The Morgan fingerprint density at radius 3 is 1.86 bits per heavy atom. The first-order chi connectivity index (χ1) is 14.0. The van der Waals surface area contributed by atoms with Gasteiger partial charge < -0.3 is 5.32 Å². The zero-order valence-corrected chi connectivity index (χ0v) is 17.7. The summed E-state index contributed by atoms with van der Waals surface area (Å²) in [7, 11) is 0. The van der Waals surface area contributed by atoms with Gasteiger partial charge in [0, 0.05) is 5.54 Å². The summed E-state index contributed by atoms with van der Waals surface area (Å²) in [6.45, 7) is 0. The van der Waals surface area contributed by atoms with Gasteiger partial charge in [-0.1, -0.05) is 30.3 Å². The van der Waals surface area contributed by atoms with E-state index in [0.29, 0.717) is 5.91 Å². The lowest BCUT2D eigenvalue weighted by molar-refractivity contribution is -0.154. The van der Waals surface area contributed by atoms with Crippen LogP contribution in [0.15, 0.2) is 30.3 Å². The second-order valence-electron chi connectivity index (χ2n) is 12.5. The molecule has 2 atom stereocenters. The molecule has 0 aliphatic heterocycles. The van der Waals surface area contributed by atoms with Crippen molar-refractivity contribution < 1.29 is 4.79 Å². The minimum Gasteiger partial charge on any atom is -0.350 e. The van der Waals surface area contributed by atoms with Crippen molar-refractivity contribution in [2.24, 2.45) is 35.0 Å². The van der Waals surface area contributed by atoms with Crippen LogP contribution in [-0.4, -0.2) is 11.4 Å². The van der Waals surface area contributed by atoms with Crippen LogP contribution in [-0.2, 0) is 10.2 Å². The normalized spacial score (nSPS) is 51.4. The summed E-state index contributed by atoms with van der Waals surface area (Å²) in [5, 5.41) is 3.81. The maximum absolute atomic E-state index is 14.0. The highest BCUT2D eigenvalue weighted by molar-refractivity contribution is 5.84. The van der Waals surface area contributed by atoms with Crippen LogP contribution in [0.1, 0.15) is 82.6 Å². The summed E-state index contributed by atoms with van der Waals surface area (Å²) in [6.07, 6.45) is 15.6. The van der Waals surface area contributed by atoms with Crippen LogP contribution in [0.5, 0.6) is 0 Å². The number of rotatable bonds is 3. The Hall–Kier alpha value is -1.31. The molecule has 0 heterocycles. The molecule has 8 bridgehead atoms. The lowest BCUT2D eigenvalue weighted by Gasteiger charge is -2.63. The Kier molecular flexibility index (Phi) is 3.40. The molecule has 1 amide bonds. The molecule has 9 rings (SSSR count). The monoisotopic (exact) mass is 389 g/mol. The molecule has 0 saturated heterocycles. The molecule has 154 valence electrons. The van der Waals surface area contributed by atoms with E-state index in [0.717, 1.165) is 48.9 Å². The number of amides is 1. The molecular weight excluding hydrogens is 354 g/mol. The van der Waals surface area contributed by atoms with Crippen LogP contribution in [0, 0.1) is 35.0 Å². The van der Waals surface area contributed by atoms with E-state index >= 15 is 0 Å². The van der Waals surface area contributed by atoms with Crippen LogP contribution >= 0.6 is 0 Å². The van der Waals surface area contributed by atoms with Gasteiger partial charge in [-0.15, -0.1) is 0 Å². The van der Waals surface area contributed by atoms with Crippen molar-refractivity contribution in [2.45, 2.75) is 88.0 Å². The van der Waals surface area contributed by atoms with Crippen LogP contribution in [0.25, 0.3) is 0 Å². The highest BCUT2D eigenvalue weighted by atomic mass is 16.2. The first-order valence-corrected chi connectivity index (χ1v) is 12.4. The number of nitrogens with one attached hydrogen (secondary N) is 1. The summed E-state index contributed by atoms with van der Waals surface area (Å²) < 4.78 is 0. The first-order valence-electron chi connectivity index (χ1n) is 12.4. The molecule has 0 radical (unpaired) electrons. The Balaban J connectivity index is 1.20. The van der Waals surface area contributed by atoms with Gasteiger partial charge in [0.05, 0.1) is 5.41 Å². The van der Waals surface area contributed by atoms with E-state index in [2.05, 4.69) is 35.6 Å². The van der Waals surface area contributed by atoms with Crippen molar-refractivity contribution in [3.8, 4) is 0 Å². The smallest absolute Gasteiger partial charge is 0.226 e. The average Bonchev–Trinajstić information content (AvgIpc) is 2.66. The van der Waals surface area contributed by atoms with Gasteiger partial charge in [-0.05, 0) is 118 Å². The van der Waals surface area contributed by atoms with Crippen molar-refractivity contribution in [3.63, 3.8) is 0 Å². The molecule has 8 saturated carbocycles. The number of carbonyl (C=O) groups excluding carboxylic acids is 1. The Morgan fingerprint density at radius 1 is 0.724 bits per heavy atom. The van der Waals surface area contributed by atoms with Crippen LogP contribution in [0.3, 0.4) is 0 Å². The molecule has 8 aliphatic rings. The minimum atomic E-state index is -0.0801. The standard InChI is InChI=1S/C27H35NO/c29-24(28-27-14-18-6-19(15-27)8-20(7-18)16-27)26-12-21-9-22(13-26)11-25(10-21,17-26)23-4-2-1-3-5-23/h1-5,18-22H,6-17H2,(H,28,29)/t18?,19?,20?,21-,22-,25?,26?,27?/m0/s1. The number of benzene rings is 1. The molecule has 1 aromatic rings. The molecule has 1 aromatic carbocycles. The number of carbonyl (C=O) groups is 1. The molecule has 0 unspecified atom stereocenters. The van der Waals surface area contributed by atoms with Crippen LogP contribution < -0.4 is 5.32 Å². The molecule has 2 nitrogen and oxygen atoms in total. The van der Waals surface area contributed by atoms with E-state index in [9.17, 15) is 4.79 Å². The van der Waals surface area contributed by atoms with Gasteiger partial charge in [0.25, 0.3) is 0 Å². The van der Waals surface area contributed by atoms with E-state index in [1.165, 1.54) is 63.4 Å². The van der Waals surface area contributed by atoms with Crippen molar-refractivity contribution in [3.05, 3.63) is 35.9 Å². The van der Waals surface area contributed by atoms with Crippen LogP contribution in [0.2, 0.25) is 0 Å². The quantitative estimate of drug-likeness (QED) is 0.715. The van der Waals surface area contributed by atoms with Crippen molar-refractivity contribution in [1.82, 2.24) is 5.32 Å². The van der Waals surface area contributed by atoms with E-state index in [1.807, 2.05) is 0 Å². The van der Waals surface area contributed by atoms with Gasteiger partial charge in [-0.3, -0.25) is 4.79 Å². The fraction of sp³-hybridized carbons (Fsp3) is 0.741. The van der Waals surface area contributed by atoms with Crippen molar-refractivity contribution >= 4 is 5.91 Å². The molecule has 8 fully saturated rings. The topological polar surface area (TPSA) is 29.1 Å². The van der Waals surface area contributed by atoms with Gasteiger partial charge in [-0.25, -0.2) is 0 Å². The third-order valence-corrected chi connectivity index (χ3v) is 10.3. The van der Waals surface area contributed by atoms with E-state index in [-0.39, 0.29) is 16.4 Å². The third-order valence-electron chi connectivity index (χ3n) is 10.3. The summed E-state index contributed by atoms with van der Waals surface area (Å²) in [6, 6.07) is 11.2. The summed E-state index contributed by atoms with van der Waals surface area (Å²) in [4.78, 5) is 14.0. The largest absolute Gasteiger partial charge is 0.350 e. The van der Waals surface area contributed by atoms with Crippen molar-refractivity contribution in [2.75, 3.05) is 0 Å². The Labute approximate surface area is 175 Å². The molecule has 0 spiro atoms. The van der Waals surface area contributed by atoms with Crippen molar-refractivity contribution in [1.29, 1.82) is 0 Å². The second kappa shape index (κ2) is 5.68. The molecular formula is C27H35NO. The third kappa shape index (κ3) is 2.50. The van der Waals surface area contributed by atoms with Gasteiger partial charge in [0.2, 0.25) is 5.91 Å². The zero-order valence-electron chi connectivity index (χ0n) is 17.7. The van der Waals surface area contributed by atoms with Gasteiger partial charge in [-0.2, -0.15) is 0 Å². The number of hydrogen-bond donors (Lipinski definition) is 1. The molecule has 29 heavy (non-hydrogen) atoms. The summed E-state index contributed by atoms with van der Waals surface area (Å²) in [5.41, 5.74) is 1.86. The SMILES string of the molecule is O=C(NC12CC3CC(CC(C3)C1)C2)C12C[C@H]3C[C@H](C1)CC(c1ccccc1)(C3)C2. The highest BCUT2D eigenvalue weighted by Crippen LogP contribution is 2.66. The van der Waals surface area contributed by atoms with Gasteiger partial charge >= 0.3 is 0 Å². The summed E-state index contributed by atoms with van der Waals surface area (Å²) in [5.74, 6) is 4.68. The maximum atomic E-state index is 14.0. The first kappa shape index (κ1) is 17.4. The fourth-order valence-corrected chi connectivity index (χ4v) is 10.3. The van der Waals surface area contributed by atoms with E-state index < -0.39 is 0 Å². The highest BCUT2D eigenvalue weighted by Gasteiger charge is 2.62. The maximum Gasteiger partial charge on any atom is 0.226 e. The van der Waals surface area contributed by atoms with Gasteiger partial charge in [0.15, 0.2) is 0 Å². The second-order valence-corrected chi connectivity index (χ2v) is 12.5. The Bertz CT molecular complexity index is 792. The molecule has 0 aromatic heterocycles. The van der Waals surface area contributed by atoms with Crippen LogP contribution in [0.4, 0.5) is 0 Å². The summed E-state index contributed by atoms with van der Waals surface area (Å²) >= 11 is 0. The average molecular weight is 390 g/mol. The predicted molar refractivity (Wildman–Crippen MR) is 114 cm³/mol. The zero-order chi connectivity index (χ0) is 19.3. The predicted octanol–water partition coefficient (Wildman–Crippen LogP) is 5.61. The molecule has 8 aliphatic carbocycles. The van der Waals surface area contributed by atoms with Gasteiger partial charge in [0.1, 0.15) is 0 Å².